The first-order valence-electron chi connectivity index (χ1n) is 11.1. The number of thiophene rings is 1. The van der Waals surface area contributed by atoms with Crippen molar-refractivity contribution in [1.82, 2.24) is 14.8 Å². The molecule has 1 atom stereocenters. The summed E-state index contributed by atoms with van der Waals surface area (Å²) in [5, 5.41) is 12.4. The van der Waals surface area contributed by atoms with Gasteiger partial charge in [0.2, 0.25) is 5.91 Å². The van der Waals surface area contributed by atoms with Crippen LogP contribution in [0.25, 0.3) is 0 Å². The molecule has 0 bridgehead atoms. The molecule has 3 N–H and O–H groups in total. The van der Waals surface area contributed by atoms with E-state index in [4.69, 9.17) is 5.73 Å². The number of primary amides is 1. The van der Waals surface area contributed by atoms with Crippen molar-refractivity contribution >= 4 is 51.7 Å². The molecule has 2 aromatic heterocycles. The van der Waals surface area contributed by atoms with Gasteiger partial charge in [-0.05, 0) is 50.3 Å². The number of nitrogens with zero attached hydrogens (tertiary/aromatic N) is 3. The molecule has 10 heteroatoms. The largest absolute Gasteiger partial charge is 0.365 e. The van der Waals surface area contributed by atoms with Gasteiger partial charge in [0.1, 0.15) is 10.8 Å². The summed E-state index contributed by atoms with van der Waals surface area (Å²) < 4.78 is 1.98. The van der Waals surface area contributed by atoms with Crippen LogP contribution in [0, 0.1) is 0 Å². The number of nitrogens with two attached hydrogens (primary N) is 1. The summed E-state index contributed by atoms with van der Waals surface area (Å²) in [6, 6.07) is 10.1. The van der Waals surface area contributed by atoms with Gasteiger partial charge < -0.3 is 15.6 Å². The zero-order chi connectivity index (χ0) is 24.1. The Labute approximate surface area is 211 Å². The lowest BCUT2D eigenvalue weighted by molar-refractivity contribution is -0.115. The minimum absolute atomic E-state index is 0.195. The maximum atomic E-state index is 13.0. The lowest BCUT2D eigenvalue weighted by Gasteiger charge is -2.13. The predicted octanol–water partition coefficient (Wildman–Crippen LogP) is 4.91. The average molecular weight is 514 g/mol. The Kier molecular flexibility index (Phi) is 8.12. The van der Waals surface area contributed by atoms with Crippen LogP contribution in [0.5, 0.6) is 0 Å². The van der Waals surface area contributed by atoms with E-state index in [2.05, 4.69) is 34.2 Å². The molecule has 0 saturated carbocycles. The number of hydrogen-bond acceptors (Lipinski definition) is 7. The van der Waals surface area contributed by atoms with Crippen LogP contribution in [0.4, 0.5) is 5.00 Å². The van der Waals surface area contributed by atoms with E-state index in [9.17, 15) is 9.59 Å². The molecule has 34 heavy (non-hydrogen) atoms. The topological polar surface area (TPSA) is 103 Å². The zero-order valence-electron chi connectivity index (χ0n) is 19.0. The van der Waals surface area contributed by atoms with Crippen molar-refractivity contribution in [3.05, 3.63) is 64.8 Å². The molecule has 0 saturated heterocycles. The van der Waals surface area contributed by atoms with Crippen molar-refractivity contribution in [3.63, 3.8) is 0 Å². The molecule has 2 heterocycles. The first-order valence-corrected chi connectivity index (χ1v) is 13.8. The van der Waals surface area contributed by atoms with Crippen molar-refractivity contribution in [3.8, 4) is 0 Å². The highest BCUT2D eigenvalue weighted by molar-refractivity contribution is 8.00. The molecule has 0 radical (unpaired) electrons. The maximum absolute atomic E-state index is 13.0. The van der Waals surface area contributed by atoms with Crippen molar-refractivity contribution in [2.45, 2.75) is 60.2 Å². The van der Waals surface area contributed by atoms with E-state index in [1.807, 2.05) is 29.7 Å². The monoisotopic (exact) mass is 513 g/mol. The van der Waals surface area contributed by atoms with Gasteiger partial charge in [-0.3, -0.25) is 9.59 Å². The van der Waals surface area contributed by atoms with Crippen LogP contribution >= 0.6 is 34.9 Å². The van der Waals surface area contributed by atoms with Gasteiger partial charge >= 0.3 is 0 Å². The molecule has 178 valence electrons. The third-order valence-corrected chi connectivity index (χ3v) is 8.82. The molecule has 1 aliphatic rings. The molecular formula is C24H27N5O2S3. The van der Waals surface area contributed by atoms with Crippen LogP contribution in [-0.4, -0.2) is 31.8 Å². The van der Waals surface area contributed by atoms with Gasteiger partial charge in [0.15, 0.2) is 5.16 Å². The van der Waals surface area contributed by atoms with Gasteiger partial charge in [-0.1, -0.05) is 36.0 Å². The molecular weight excluding hydrogens is 486 g/mol. The van der Waals surface area contributed by atoms with Gasteiger partial charge in [-0.25, -0.2) is 0 Å². The van der Waals surface area contributed by atoms with Crippen LogP contribution in [0.1, 0.15) is 46.4 Å². The van der Waals surface area contributed by atoms with Crippen molar-refractivity contribution < 1.29 is 9.59 Å². The highest BCUT2D eigenvalue weighted by Crippen LogP contribution is 2.38. The molecule has 2 amide bonds. The number of thioether (sulfide) groups is 2. The molecule has 1 aromatic carbocycles. The number of aryl methyl sites for hydroxylation is 1. The standard InChI is InChI=1S/C24H27N5O2S3/c1-3-13-29-19(14-32-16-9-5-4-6-10-16)27-28-24(29)33-15(2)22(31)26-23-20(21(25)30)17-11-7-8-12-18(17)34-23/h3-6,9-10,15H,1,7-8,11-14H2,2H3,(H2,25,30)(H,26,31). The first-order chi connectivity index (χ1) is 16.5. The van der Waals surface area contributed by atoms with Crippen LogP contribution < -0.4 is 11.1 Å². The number of fused-ring (bicyclic) bond motifs is 1. The molecule has 0 spiro atoms. The van der Waals surface area contributed by atoms with Crippen LogP contribution in [-0.2, 0) is 29.9 Å². The molecule has 7 nitrogen and oxygen atoms in total. The molecule has 3 aromatic rings. The van der Waals surface area contributed by atoms with Crippen LogP contribution in [0.2, 0.25) is 0 Å². The van der Waals surface area contributed by atoms with E-state index in [-0.39, 0.29) is 5.91 Å². The number of allylic oxidation sites excluding steroid dienone is 1. The average Bonchev–Trinajstić information content (AvgIpc) is 3.39. The van der Waals surface area contributed by atoms with Gasteiger partial charge in [0.05, 0.1) is 16.6 Å². The summed E-state index contributed by atoms with van der Waals surface area (Å²) in [7, 11) is 0. The second-order valence-corrected chi connectivity index (χ2v) is 11.4. The lowest BCUT2D eigenvalue weighted by atomic mass is 9.95. The predicted molar refractivity (Wildman–Crippen MR) is 140 cm³/mol. The number of amides is 2. The Morgan fingerprint density at radius 2 is 2.03 bits per heavy atom. The smallest absolute Gasteiger partial charge is 0.251 e. The van der Waals surface area contributed by atoms with E-state index in [0.29, 0.717) is 28.0 Å². The van der Waals surface area contributed by atoms with E-state index < -0.39 is 11.2 Å². The maximum Gasteiger partial charge on any atom is 0.251 e. The molecule has 0 fully saturated rings. The van der Waals surface area contributed by atoms with E-state index in [0.717, 1.165) is 46.8 Å². The fourth-order valence-electron chi connectivity index (χ4n) is 3.83. The van der Waals surface area contributed by atoms with E-state index in [1.165, 1.54) is 23.1 Å². The van der Waals surface area contributed by atoms with Gasteiger partial charge in [-0.2, -0.15) is 0 Å². The molecule has 4 rings (SSSR count). The number of carbonyl (C=O) groups is 2. The summed E-state index contributed by atoms with van der Waals surface area (Å²) in [4.78, 5) is 27.5. The highest BCUT2D eigenvalue weighted by Gasteiger charge is 2.27. The van der Waals surface area contributed by atoms with E-state index in [1.54, 1.807) is 17.8 Å². The number of rotatable bonds is 10. The third-order valence-electron chi connectivity index (χ3n) is 5.52. The molecule has 1 unspecified atom stereocenters. The second-order valence-electron chi connectivity index (χ2n) is 7.93. The Balaban J connectivity index is 1.46. The van der Waals surface area contributed by atoms with Crippen molar-refractivity contribution in [1.29, 1.82) is 0 Å². The third kappa shape index (κ3) is 5.56. The minimum atomic E-state index is -0.485. The van der Waals surface area contributed by atoms with Crippen molar-refractivity contribution in [2.75, 3.05) is 5.32 Å². The quantitative estimate of drug-likeness (QED) is 0.295. The first kappa shape index (κ1) is 24.6. The Hall–Kier alpha value is -2.56. The van der Waals surface area contributed by atoms with E-state index >= 15 is 0 Å². The van der Waals surface area contributed by atoms with Crippen LogP contribution in [0.3, 0.4) is 0 Å². The summed E-state index contributed by atoms with van der Waals surface area (Å²) in [5.41, 5.74) is 7.14. The number of aromatic nitrogens is 3. The highest BCUT2D eigenvalue weighted by atomic mass is 32.2. The number of benzene rings is 1. The SMILES string of the molecule is C=CCn1c(CSc2ccccc2)nnc1SC(C)C(=O)Nc1sc2c(c1C(N)=O)CCCC2. The normalized spacial score (nSPS) is 13.8. The number of carbonyl (C=O) groups excluding carboxylic acids is 2. The summed E-state index contributed by atoms with van der Waals surface area (Å²) in [5.74, 6) is 0.806. The second kappa shape index (κ2) is 11.2. The summed E-state index contributed by atoms with van der Waals surface area (Å²) in [6.07, 6.45) is 5.68. The van der Waals surface area contributed by atoms with Gasteiger partial charge in [-0.15, -0.1) is 39.9 Å². The number of nitrogens with one attached hydrogen (secondary N) is 1. The zero-order valence-corrected chi connectivity index (χ0v) is 21.4. The fraction of sp³-hybridized carbons (Fsp3) is 0.333. The van der Waals surface area contributed by atoms with Gasteiger partial charge in [0, 0.05) is 16.3 Å². The van der Waals surface area contributed by atoms with Gasteiger partial charge in [0.25, 0.3) is 5.91 Å². The lowest BCUT2D eigenvalue weighted by Crippen LogP contribution is -2.24. The van der Waals surface area contributed by atoms with Crippen molar-refractivity contribution in [2.24, 2.45) is 5.73 Å². The molecule has 0 aliphatic heterocycles. The number of hydrogen-bond donors (Lipinski definition) is 2. The number of anilines is 1. The van der Waals surface area contributed by atoms with Crippen LogP contribution in [0.15, 0.2) is 53.0 Å². The Bertz CT molecular complexity index is 1190. The fourth-order valence-corrected chi connectivity index (χ4v) is 6.86. The Morgan fingerprint density at radius 1 is 1.26 bits per heavy atom. The summed E-state index contributed by atoms with van der Waals surface area (Å²) in [6.45, 7) is 6.23. The Morgan fingerprint density at radius 3 is 2.76 bits per heavy atom. The molecule has 1 aliphatic carbocycles. The minimum Gasteiger partial charge on any atom is -0.365 e. The summed E-state index contributed by atoms with van der Waals surface area (Å²) >= 11 is 4.49.